The molecular formula is C19H20N4O3. The number of hydrogen-bond acceptors (Lipinski definition) is 4. The largest absolute Gasteiger partial charge is 0.354 e. The summed E-state index contributed by atoms with van der Waals surface area (Å²) in [5, 5.41) is 9.20. The number of benzene rings is 1. The van der Waals surface area contributed by atoms with Crippen LogP contribution in [0.1, 0.15) is 23.0 Å². The highest BCUT2D eigenvalue weighted by Gasteiger charge is 2.20. The molecule has 1 atom stereocenters. The van der Waals surface area contributed by atoms with Gasteiger partial charge in [-0.25, -0.2) is 0 Å². The molecule has 0 saturated carbocycles. The van der Waals surface area contributed by atoms with E-state index >= 15 is 0 Å². The van der Waals surface area contributed by atoms with Crippen LogP contribution in [0.25, 0.3) is 11.5 Å². The molecule has 2 amide bonds. The van der Waals surface area contributed by atoms with E-state index in [4.69, 9.17) is 4.52 Å². The van der Waals surface area contributed by atoms with Gasteiger partial charge in [0, 0.05) is 25.9 Å². The fourth-order valence-electron chi connectivity index (χ4n) is 2.49. The van der Waals surface area contributed by atoms with Crippen molar-refractivity contribution < 1.29 is 14.1 Å². The maximum atomic E-state index is 12.3. The molecule has 3 aromatic rings. The van der Waals surface area contributed by atoms with Gasteiger partial charge >= 0.3 is 0 Å². The van der Waals surface area contributed by atoms with E-state index < -0.39 is 11.9 Å². The standard InChI is InChI=1S/C19H20N4O3/c1-13(18(24)20-12-14-7-4-3-5-8-14)21-19(25)15-11-17(26-22-15)16-9-6-10-23(16)2/h3-11,13H,12H2,1-2H3,(H,20,24)(H,21,25)/t13-/m1/s1. The van der Waals surface area contributed by atoms with Crippen LogP contribution < -0.4 is 10.6 Å². The second kappa shape index (κ2) is 7.69. The summed E-state index contributed by atoms with van der Waals surface area (Å²) in [6.45, 7) is 2.03. The van der Waals surface area contributed by atoms with Crippen molar-refractivity contribution in [3.05, 3.63) is 66.0 Å². The number of carbonyl (C=O) groups excluding carboxylic acids is 2. The quantitative estimate of drug-likeness (QED) is 0.711. The predicted molar refractivity (Wildman–Crippen MR) is 96.1 cm³/mol. The van der Waals surface area contributed by atoms with E-state index in [1.165, 1.54) is 0 Å². The van der Waals surface area contributed by atoms with Gasteiger partial charge in [0.05, 0.1) is 5.69 Å². The first-order valence-corrected chi connectivity index (χ1v) is 8.25. The molecule has 0 unspecified atom stereocenters. The lowest BCUT2D eigenvalue weighted by molar-refractivity contribution is -0.122. The summed E-state index contributed by atoms with van der Waals surface area (Å²) in [5.74, 6) is -0.242. The first kappa shape index (κ1) is 17.5. The van der Waals surface area contributed by atoms with E-state index in [0.717, 1.165) is 11.3 Å². The van der Waals surface area contributed by atoms with Gasteiger partial charge in [0.25, 0.3) is 5.91 Å². The summed E-state index contributed by atoms with van der Waals surface area (Å²) in [6, 6.07) is 14.2. The van der Waals surface area contributed by atoms with Crippen molar-refractivity contribution in [1.82, 2.24) is 20.4 Å². The highest BCUT2D eigenvalue weighted by molar-refractivity contribution is 5.96. The Labute approximate surface area is 151 Å². The summed E-state index contributed by atoms with van der Waals surface area (Å²) in [4.78, 5) is 24.4. The van der Waals surface area contributed by atoms with Crippen molar-refractivity contribution in [3.8, 4) is 11.5 Å². The number of rotatable bonds is 6. The first-order chi connectivity index (χ1) is 12.5. The van der Waals surface area contributed by atoms with Crippen LogP contribution in [0, 0.1) is 0 Å². The van der Waals surface area contributed by atoms with Crippen molar-refractivity contribution in [2.24, 2.45) is 7.05 Å². The number of hydrogen-bond donors (Lipinski definition) is 2. The molecule has 0 aliphatic carbocycles. The van der Waals surface area contributed by atoms with Crippen LogP contribution >= 0.6 is 0 Å². The molecule has 0 bridgehead atoms. The lowest BCUT2D eigenvalue weighted by Gasteiger charge is -2.13. The highest BCUT2D eigenvalue weighted by Crippen LogP contribution is 2.20. The zero-order chi connectivity index (χ0) is 18.5. The van der Waals surface area contributed by atoms with Gasteiger partial charge in [-0.05, 0) is 24.6 Å². The molecule has 0 aliphatic heterocycles. The summed E-state index contributed by atoms with van der Waals surface area (Å²) in [7, 11) is 1.87. The normalized spacial score (nSPS) is 11.8. The third-order valence-electron chi connectivity index (χ3n) is 3.99. The van der Waals surface area contributed by atoms with Crippen LogP contribution in [0.15, 0.2) is 59.3 Å². The maximum absolute atomic E-state index is 12.3. The van der Waals surface area contributed by atoms with Crippen molar-refractivity contribution in [2.45, 2.75) is 19.5 Å². The maximum Gasteiger partial charge on any atom is 0.274 e. The molecular weight excluding hydrogens is 332 g/mol. The van der Waals surface area contributed by atoms with Gasteiger partial charge in [-0.2, -0.15) is 0 Å². The molecule has 2 heterocycles. The molecule has 2 aromatic heterocycles. The zero-order valence-corrected chi connectivity index (χ0v) is 14.6. The van der Waals surface area contributed by atoms with Gasteiger partial charge in [0.15, 0.2) is 11.5 Å². The lowest BCUT2D eigenvalue weighted by Crippen LogP contribution is -2.44. The van der Waals surface area contributed by atoms with Crippen molar-refractivity contribution in [1.29, 1.82) is 0 Å². The zero-order valence-electron chi connectivity index (χ0n) is 14.6. The minimum atomic E-state index is -0.693. The highest BCUT2D eigenvalue weighted by atomic mass is 16.5. The Morgan fingerprint density at radius 2 is 1.96 bits per heavy atom. The average molecular weight is 352 g/mol. The Bertz CT molecular complexity index is 898. The smallest absolute Gasteiger partial charge is 0.274 e. The van der Waals surface area contributed by atoms with E-state index in [9.17, 15) is 9.59 Å². The fourth-order valence-corrected chi connectivity index (χ4v) is 2.49. The molecule has 1 aromatic carbocycles. The summed E-state index contributed by atoms with van der Waals surface area (Å²) in [6.07, 6.45) is 1.87. The minimum absolute atomic E-state index is 0.129. The van der Waals surface area contributed by atoms with Crippen molar-refractivity contribution in [2.75, 3.05) is 0 Å². The molecule has 0 saturated heterocycles. The lowest BCUT2D eigenvalue weighted by atomic mass is 10.2. The van der Waals surface area contributed by atoms with Crippen LogP contribution in [-0.2, 0) is 18.4 Å². The molecule has 2 N–H and O–H groups in total. The van der Waals surface area contributed by atoms with Crippen LogP contribution in [0.2, 0.25) is 0 Å². The number of carbonyl (C=O) groups is 2. The van der Waals surface area contributed by atoms with Crippen LogP contribution in [0.4, 0.5) is 0 Å². The predicted octanol–water partition coefficient (Wildman–Crippen LogP) is 2.11. The number of aromatic nitrogens is 2. The Hall–Kier alpha value is -3.35. The van der Waals surface area contributed by atoms with Crippen molar-refractivity contribution >= 4 is 11.8 Å². The van der Waals surface area contributed by atoms with Crippen LogP contribution in [-0.4, -0.2) is 27.6 Å². The third-order valence-corrected chi connectivity index (χ3v) is 3.99. The number of amides is 2. The molecule has 134 valence electrons. The average Bonchev–Trinajstić information content (AvgIpc) is 3.29. The Balaban J connectivity index is 1.56. The van der Waals surface area contributed by atoms with Gasteiger partial charge < -0.3 is 19.7 Å². The molecule has 7 nitrogen and oxygen atoms in total. The Kier molecular flexibility index (Phi) is 5.17. The van der Waals surface area contributed by atoms with Gasteiger partial charge in [0.1, 0.15) is 6.04 Å². The topological polar surface area (TPSA) is 89.2 Å². The van der Waals surface area contributed by atoms with E-state index in [-0.39, 0.29) is 11.6 Å². The number of nitrogens with one attached hydrogen (secondary N) is 2. The molecule has 0 spiro atoms. The van der Waals surface area contributed by atoms with Crippen LogP contribution in [0.5, 0.6) is 0 Å². The van der Waals surface area contributed by atoms with Crippen molar-refractivity contribution in [3.63, 3.8) is 0 Å². The second-order valence-electron chi connectivity index (χ2n) is 5.98. The van der Waals surface area contributed by atoms with E-state index in [2.05, 4.69) is 15.8 Å². The SMILES string of the molecule is C[C@@H](NC(=O)c1cc(-c2cccn2C)on1)C(=O)NCc1ccccc1. The molecule has 3 rings (SSSR count). The van der Waals surface area contributed by atoms with Gasteiger partial charge in [-0.3, -0.25) is 9.59 Å². The summed E-state index contributed by atoms with van der Waals surface area (Å²) < 4.78 is 7.09. The Morgan fingerprint density at radius 3 is 2.65 bits per heavy atom. The van der Waals surface area contributed by atoms with E-state index in [1.807, 2.05) is 60.3 Å². The monoisotopic (exact) mass is 352 g/mol. The van der Waals surface area contributed by atoms with Gasteiger partial charge in [-0.15, -0.1) is 0 Å². The third kappa shape index (κ3) is 4.00. The van der Waals surface area contributed by atoms with Gasteiger partial charge in [0.2, 0.25) is 5.91 Å². The first-order valence-electron chi connectivity index (χ1n) is 8.25. The fraction of sp³-hybridized carbons (Fsp3) is 0.211. The van der Waals surface area contributed by atoms with Gasteiger partial charge in [-0.1, -0.05) is 35.5 Å². The minimum Gasteiger partial charge on any atom is -0.354 e. The number of nitrogens with zero attached hydrogens (tertiary/aromatic N) is 2. The summed E-state index contributed by atoms with van der Waals surface area (Å²) >= 11 is 0. The molecule has 0 fully saturated rings. The second-order valence-corrected chi connectivity index (χ2v) is 5.98. The Morgan fingerprint density at radius 1 is 1.19 bits per heavy atom. The van der Waals surface area contributed by atoms with E-state index in [0.29, 0.717) is 12.3 Å². The summed E-state index contributed by atoms with van der Waals surface area (Å²) in [5.41, 5.74) is 1.93. The molecule has 7 heteroatoms. The molecule has 0 radical (unpaired) electrons. The molecule has 26 heavy (non-hydrogen) atoms. The number of aryl methyl sites for hydroxylation is 1. The van der Waals surface area contributed by atoms with E-state index in [1.54, 1.807) is 13.0 Å². The molecule has 0 aliphatic rings. The van der Waals surface area contributed by atoms with Crippen LogP contribution in [0.3, 0.4) is 0 Å².